The first-order valence-electron chi connectivity index (χ1n) is 24.5. The smallest absolute Gasteiger partial charge is 0.306 e. The number of carbonyl (C=O) groups excluding carboxylic acids is 2. The molecule has 2 unspecified atom stereocenters. The van der Waals surface area contributed by atoms with Crippen molar-refractivity contribution in [3.8, 4) is 0 Å². The first kappa shape index (κ1) is 53.8. The minimum Gasteiger partial charge on any atom is -0.465 e. The van der Waals surface area contributed by atoms with Crippen LogP contribution in [0.4, 0.5) is 0 Å². The standard InChI is InChI=1S/C48H93NO7S/c1-6-10-14-18-20-24-31-43(29-22-16-12-8-3)39-47(50)54-41-45(33-26-27-36-49(46-34-28-35-46)37-38-56-57(5,52)53)42-55-48(51)40-44(30-23-17-13-9-4)32-25-21-19-15-11-7-2/h43-46H,6-42H2,1-5H3. The lowest BCUT2D eigenvalue weighted by atomic mass is 9.91. The SMILES string of the molecule is CCCCCCCCC(CCCCCC)CC(=O)OCC(CCCCN(CCOS(C)(=O)=O)C1CCC1)COC(=O)CC(CCCCCC)CCCCCCCC. The summed E-state index contributed by atoms with van der Waals surface area (Å²) >= 11 is 0. The van der Waals surface area contributed by atoms with E-state index in [2.05, 4.69) is 32.6 Å². The van der Waals surface area contributed by atoms with Crippen LogP contribution in [0.1, 0.15) is 233 Å². The van der Waals surface area contributed by atoms with E-state index in [-0.39, 0.29) is 24.5 Å². The number of unbranched alkanes of at least 4 members (excludes halogenated alkanes) is 17. The van der Waals surface area contributed by atoms with E-state index in [1.165, 1.54) is 135 Å². The van der Waals surface area contributed by atoms with Gasteiger partial charge in [-0.3, -0.25) is 18.7 Å². The van der Waals surface area contributed by atoms with Crippen LogP contribution in [0.5, 0.6) is 0 Å². The number of carbonyl (C=O) groups is 2. The maximum atomic E-state index is 13.3. The van der Waals surface area contributed by atoms with Gasteiger partial charge in [-0.05, 0) is 69.7 Å². The zero-order valence-corrected chi connectivity index (χ0v) is 39.0. The number of hydrogen-bond acceptors (Lipinski definition) is 8. The summed E-state index contributed by atoms with van der Waals surface area (Å²) in [5.74, 6) is 0.507. The van der Waals surface area contributed by atoms with Crippen molar-refractivity contribution in [1.29, 1.82) is 0 Å². The third kappa shape index (κ3) is 32.3. The van der Waals surface area contributed by atoms with E-state index in [4.69, 9.17) is 13.7 Å². The summed E-state index contributed by atoms with van der Waals surface area (Å²) in [5, 5.41) is 0. The van der Waals surface area contributed by atoms with E-state index in [9.17, 15) is 18.0 Å². The van der Waals surface area contributed by atoms with E-state index in [1.54, 1.807) is 0 Å². The summed E-state index contributed by atoms with van der Waals surface area (Å²) < 4.78 is 40.2. The van der Waals surface area contributed by atoms with Crippen molar-refractivity contribution in [2.45, 2.75) is 239 Å². The number of hydrogen-bond donors (Lipinski definition) is 0. The van der Waals surface area contributed by atoms with Gasteiger partial charge < -0.3 is 9.47 Å². The molecule has 0 saturated heterocycles. The third-order valence-electron chi connectivity index (χ3n) is 12.3. The predicted molar refractivity (Wildman–Crippen MR) is 239 cm³/mol. The molecule has 2 atom stereocenters. The van der Waals surface area contributed by atoms with E-state index in [0.29, 0.717) is 50.5 Å². The molecule has 1 fully saturated rings. The zero-order chi connectivity index (χ0) is 41.8. The zero-order valence-electron chi connectivity index (χ0n) is 38.2. The molecule has 0 N–H and O–H groups in total. The van der Waals surface area contributed by atoms with Crippen LogP contribution in [0, 0.1) is 17.8 Å². The molecular weight excluding hydrogens is 735 g/mol. The molecular formula is C48H93NO7S. The third-order valence-corrected chi connectivity index (χ3v) is 12.9. The van der Waals surface area contributed by atoms with Crippen LogP contribution in [0.15, 0.2) is 0 Å². The average Bonchev–Trinajstić information content (AvgIpc) is 3.15. The fourth-order valence-electron chi connectivity index (χ4n) is 8.35. The van der Waals surface area contributed by atoms with Crippen molar-refractivity contribution in [3.63, 3.8) is 0 Å². The molecule has 1 aliphatic carbocycles. The molecule has 0 spiro atoms. The van der Waals surface area contributed by atoms with Gasteiger partial charge in [-0.2, -0.15) is 8.42 Å². The topological polar surface area (TPSA) is 99.2 Å². The van der Waals surface area contributed by atoms with Crippen LogP contribution in [0.3, 0.4) is 0 Å². The normalized spacial score (nSPS) is 15.1. The quantitative estimate of drug-likeness (QED) is 0.0341. The van der Waals surface area contributed by atoms with E-state index < -0.39 is 10.1 Å². The summed E-state index contributed by atoms with van der Waals surface area (Å²) in [6.07, 6.45) is 37.5. The summed E-state index contributed by atoms with van der Waals surface area (Å²) in [4.78, 5) is 29.1. The second-order valence-corrected chi connectivity index (χ2v) is 19.5. The fourth-order valence-corrected chi connectivity index (χ4v) is 8.73. The Morgan fingerprint density at radius 1 is 0.526 bits per heavy atom. The van der Waals surface area contributed by atoms with Gasteiger partial charge >= 0.3 is 11.9 Å². The van der Waals surface area contributed by atoms with E-state index >= 15 is 0 Å². The number of ether oxygens (including phenoxy) is 2. The average molecular weight is 828 g/mol. The lowest BCUT2D eigenvalue weighted by Gasteiger charge is -2.37. The molecule has 1 rings (SSSR count). The van der Waals surface area contributed by atoms with Gasteiger partial charge in [-0.25, -0.2) is 0 Å². The Hall–Kier alpha value is -1.19. The van der Waals surface area contributed by atoms with Crippen LogP contribution >= 0.6 is 0 Å². The molecule has 0 radical (unpaired) electrons. The molecule has 1 aliphatic rings. The van der Waals surface area contributed by atoms with Gasteiger partial charge in [0, 0.05) is 31.3 Å². The highest BCUT2D eigenvalue weighted by atomic mass is 32.2. The number of nitrogens with zero attached hydrogens (tertiary/aromatic N) is 1. The van der Waals surface area contributed by atoms with Crippen molar-refractivity contribution < 1.29 is 31.7 Å². The maximum absolute atomic E-state index is 13.3. The van der Waals surface area contributed by atoms with E-state index in [1.807, 2.05) is 0 Å². The van der Waals surface area contributed by atoms with Crippen LogP contribution < -0.4 is 0 Å². The van der Waals surface area contributed by atoms with E-state index in [0.717, 1.165) is 70.6 Å². The van der Waals surface area contributed by atoms with Gasteiger partial charge in [0.2, 0.25) is 0 Å². The monoisotopic (exact) mass is 828 g/mol. The van der Waals surface area contributed by atoms with Crippen molar-refractivity contribution in [2.24, 2.45) is 17.8 Å². The highest BCUT2D eigenvalue weighted by molar-refractivity contribution is 7.85. The summed E-state index contributed by atoms with van der Waals surface area (Å²) in [6, 6.07) is 0.489. The van der Waals surface area contributed by atoms with Gasteiger partial charge in [-0.1, -0.05) is 169 Å². The van der Waals surface area contributed by atoms with Crippen molar-refractivity contribution >= 4 is 22.1 Å². The summed E-state index contributed by atoms with van der Waals surface area (Å²) in [5.41, 5.74) is 0. The van der Waals surface area contributed by atoms with Crippen molar-refractivity contribution in [3.05, 3.63) is 0 Å². The highest BCUT2D eigenvalue weighted by Crippen LogP contribution is 2.27. The van der Waals surface area contributed by atoms with Crippen LogP contribution in [-0.2, 0) is 33.4 Å². The molecule has 338 valence electrons. The maximum Gasteiger partial charge on any atom is 0.306 e. The Morgan fingerprint density at radius 3 is 1.28 bits per heavy atom. The fraction of sp³-hybridized carbons (Fsp3) is 0.958. The molecule has 8 nitrogen and oxygen atoms in total. The van der Waals surface area contributed by atoms with Gasteiger partial charge in [0.25, 0.3) is 10.1 Å². The minimum absolute atomic E-state index is 0.0354. The molecule has 9 heteroatoms. The second kappa shape index (κ2) is 36.6. The Balaban J connectivity index is 2.83. The van der Waals surface area contributed by atoms with Crippen molar-refractivity contribution in [2.75, 3.05) is 39.2 Å². The van der Waals surface area contributed by atoms with Gasteiger partial charge in [0.1, 0.15) is 0 Å². The largest absolute Gasteiger partial charge is 0.465 e. The minimum atomic E-state index is -3.46. The van der Waals surface area contributed by atoms with Gasteiger partial charge in [0.05, 0.1) is 26.1 Å². The Kier molecular flexibility index (Phi) is 34.6. The number of rotatable bonds is 42. The molecule has 0 aliphatic heterocycles. The first-order valence-corrected chi connectivity index (χ1v) is 26.3. The van der Waals surface area contributed by atoms with Crippen LogP contribution in [0.2, 0.25) is 0 Å². The Bertz CT molecular complexity index is 999. The Morgan fingerprint density at radius 2 is 0.895 bits per heavy atom. The van der Waals surface area contributed by atoms with Crippen LogP contribution in [0.25, 0.3) is 0 Å². The molecule has 0 aromatic heterocycles. The summed E-state index contributed by atoms with van der Waals surface area (Å²) in [6.45, 7) is 11.2. The van der Waals surface area contributed by atoms with Crippen molar-refractivity contribution in [1.82, 2.24) is 4.90 Å². The lowest BCUT2D eigenvalue weighted by molar-refractivity contribution is -0.150. The predicted octanol–water partition coefficient (Wildman–Crippen LogP) is 13.1. The molecule has 0 bridgehead atoms. The second-order valence-electron chi connectivity index (χ2n) is 17.8. The molecule has 0 aromatic rings. The lowest BCUT2D eigenvalue weighted by Crippen LogP contribution is -2.42. The molecule has 0 heterocycles. The van der Waals surface area contributed by atoms with Gasteiger partial charge in [0.15, 0.2) is 0 Å². The van der Waals surface area contributed by atoms with Crippen LogP contribution in [-0.4, -0.2) is 70.5 Å². The Labute approximate surface area is 353 Å². The summed E-state index contributed by atoms with van der Waals surface area (Å²) in [7, 11) is -3.46. The molecule has 57 heavy (non-hydrogen) atoms. The van der Waals surface area contributed by atoms with Gasteiger partial charge in [-0.15, -0.1) is 0 Å². The highest BCUT2D eigenvalue weighted by Gasteiger charge is 2.25. The first-order chi connectivity index (χ1) is 27.6. The molecule has 1 saturated carbocycles. The number of esters is 2. The molecule has 0 aromatic carbocycles. The molecule has 0 amide bonds.